The molecule has 0 spiro atoms. The SMILES string of the molecule is [C]#Cc1ccc(C(=O)Nc2ccc(O)c(C(=O)O)c2)cc1. The second-order valence-electron chi connectivity index (χ2n) is 4.19. The van der Waals surface area contributed by atoms with E-state index >= 15 is 0 Å². The molecular weight excluding hydrogens is 270 g/mol. The number of carboxylic acids is 1. The fraction of sp³-hybridized carbons (Fsp3) is 0. The summed E-state index contributed by atoms with van der Waals surface area (Å²) >= 11 is 0. The van der Waals surface area contributed by atoms with Gasteiger partial charge in [-0.1, -0.05) is 5.92 Å². The predicted molar refractivity (Wildman–Crippen MR) is 75.7 cm³/mol. The monoisotopic (exact) mass is 280 g/mol. The standard InChI is InChI=1S/C16H10NO4/c1-2-10-3-5-11(6-4-10)15(19)17-12-7-8-14(18)13(9-12)16(20)21/h3-9,18H,(H,17,19)(H,20,21). The second kappa shape index (κ2) is 5.80. The van der Waals surface area contributed by atoms with E-state index in [4.69, 9.17) is 11.5 Å². The molecule has 0 aliphatic carbocycles. The van der Waals surface area contributed by atoms with Crippen LogP contribution in [0.5, 0.6) is 5.75 Å². The molecule has 2 aromatic rings. The highest BCUT2D eigenvalue weighted by molar-refractivity contribution is 6.05. The molecule has 0 aliphatic heterocycles. The first-order valence-electron chi connectivity index (χ1n) is 5.91. The van der Waals surface area contributed by atoms with Crippen LogP contribution in [0.25, 0.3) is 0 Å². The fourth-order valence-corrected chi connectivity index (χ4v) is 1.69. The van der Waals surface area contributed by atoms with Gasteiger partial charge in [0.2, 0.25) is 0 Å². The lowest BCUT2D eigenvalue weighted by atomic mass is 10.1. The minimum absolute atomic E-state index is 0.262. The summed E-state index contributed by atoms with van der Waals surface area (Å²) in [6.45, 7) is 0. The van der Waals surface area contributed by atoms with Crippen molar-refractivity contribution in [1.82, 2.24) is 0 Å². The van der Waals surface area contributed by atoms with Gasteiger partial charge in [-0.25, -0.2) is 4.79 Å². The third-order valence-corrected chi connectivity index (χ3v) is 2.78. The quantitative estimate of drug-likeness (QED) is 0.594. The summed E-state index contributed by atoms with van der Waals surface area (Å²) in [5.41, 5.74) is 0.878. The maximum absolute atomic E-state index is 12.0. The Morgan fingerprint density at radius 3 is 2.33 bits per heavy atom. The van der Waals surface area contributed by atoms with E-state index in [0.29, 0.717) is 11.1 Å². The maximum Gasteiger partial charge on any atom is 0.339 e. The van der Waals surface area contributed by atoms with Crippen molar-refractivity contribution >= 4 is 17.6 Å². The highest BCUT2D eigenvalue weighted by atomic mass is 16.4. The average molecular weight is 280 g/mol. The number of anilines is 1. The summed E-state index contributed by atoms with van der Waals surface area (Å²) in [6, 6.07) is 9.99. The van der Waals surface area contributed by atoms with E-state index in [1.165, 1.54) is 30.3 Å². The number of carbonyl (C=O) groups is 2. The van der Waals surface area contributed by atoms with E-state index < -0.39 is 11.9 Å². The third kappa shape index (κ3) is 3.19. The number of rotatable bonds is 3. The maximum atomic E-state index is 12.0. The Morgan fingerprint density at radius 2 is 1.76 bits per heavy atom. The van der Waals surface area contributed by atoms with Crippen LogP contribution >= 0.6 is 0 Å². The zero-order chi connectivity index (χ0) is 15.4. The predicted octanol–water partition coefficient (Wildman–Crippen LogP) is 2.28. The van der Waals surface area contributed by atoms with Crippen molar-refractivity contribution in [3.8, 4) is 11.7 Å². The molecule has 0 bridgehead atoms. The zero-order valence-corrected chi connectivity index (χ0v) is 10.8. The van der Waals surface area contributed by atoms with Gasteiger partial charge >= 0.3 is 5.97 Å². The molecule has 0 unspecified atom stereocenters. The molecule has 2 rings (SSSR count). The van der Waals surface area contributed by atoms with Crippen LogP contribution in [0.3, 0.4) is 0 Å². The molecule has 0 fully saturated rings. The lowest BCUT2D eigenvalue weighted by Crippen LogP contribution is -2.12. The minimum Gasteiger partial charge on any atom is -0.507 e. The smallest absolute Gasteiger partial charge is 0.339 e. The Kier molecular flexibility index (Phi) is 3.91. The number of benzene rings is 2. The summed E-state index contributed by atoms with van der Waals surface area (Å²) in [7, 11) is 0. The number of nitrogens with one attached hydrogen (secondary N) is 1. The van der Waals surface area contributed by atoms with Gasteiger partial charge in [0.15, 0.2) is 0 Å². The van der Waals surface area contributed by atoms with Gasteiger partial charge in [0.25, 0.3) is 5.91 Å². The van der Waals surface area contributed by atoms with Crippen molar-refractivity contribution in [1.29, 1.82) is 0 Å². The number of amides is 1. The molecular formula is C16H10NO4. The number of carbonyl (C=O) groups excluding carboxylic acids is 1. The van der Waals surface area contributed by atoms with Gasteiger partial charge in [0, 0.05) is 16.8 Å². The van der Waals surface area contributed by atoms with Crippen molar-refractivity contribution < 1.29 is 19.8 Å². The van der Waals surface area contributed by atoms with Crippen LogP contribution in [0.2, 0.25) is 0 Å². The van der Waals surface area contributed by atoms with Gasteiger partial charge in [-0.15, -0.1) is 0 Å². The van der Waals surface area contributed by atoms with Crippen LogP contribution in [0.15, 0.2) is 42.5 Å². The van der Waals surface area contributed by atoms with Crippen molar-refractivity contribution in [3.63, 3.8) is 0 Å². The van der Waals surface area contributed by atoms with Gasteiger partial charge in [-0.05, 0) is 48.9 Å². The molecule has 2 aromatic carbocycles. The molecule has 3 N–H and O–H groups in total. The first-order chi connectivity index (χ1) is 10.0. The summed E-state index contributed by atoms with van der Waals surface area (Å²) in [4.78, 5) is 22.9. The molecule has 0 atom stereocenters. The average Bonchev–Trinajstić information content (AvgIpc) is 2.49. The van der Waals surface area contributed by atoms with E-state index in [1.54, 1.807) is 12.1 Å². The van der Waals surface area contributed by atoms with Crippen molar-refractivity contribution in [2.45, 2.75) is 0 Å². The van der Waals surface area contributed by atoms with Gasteiger partial charge < -0.3 is 15.5 Å². The molecule has 0 aliphatic rings. The van der Waals surface area contributed by atoms with Gasteiger partial charge in [-0.3, -0.25) is 4.79 Å². The highest BCUT2D eigenvalue weighted by Crippen LogP contribution is 2.21. The number of hydrogen-bond donors (Lipinski definition) is 3. The van der Waals surface area contributed by atoms with Gasteiger partial charge in [0.1, 0.15) is 11.3 Å². The topological polar surface area (TPSA) is 86.6 Å². The van der Waals surface area contributed by atoms with E-state index in [2.05, 4.69) is 11.2 Å². The number of aromatic hydroxyl groups is 1. The lowest BCUT2D eigenvalue weighted by molar-refractivity contribution is 0.0693. The molecule has 0 saturated carbocycles. The van der Waals surface area contributed by atoms with Crippen LogP contribution < -0.4 is 5.32 Å². The number of hydrogen-bond acceptors (Lipinski definition) is 3. The fourth-order valence-electron chi connectivity index (χ4n) is 1.69. The Labute approximate surface area is 120 Å². The molecule has 0 saturated heterocycles. The van der Waals surface area contributed by atoms with Gasteiger partial charge in [-0.2, -0.15) is 0 Å². The van der Waals surface area contributed by atoms with Crippen LogP contribution in [0.1, 0.15) is 26.3 Å². The highest BCUT2D eigenvalue weighted by Gasteiger charge is 2.12. The number of aromatic carboxylic acids is 1. The normalized spacial score (nSPS) is 9.67. The molecule has 1 radical (unpaired) electrons. The Balaban J connectivity index is 2.21. The third-order valence-electron chi connectivity index (χ3n) is 2.78. The van der Waals surface area contributed by atoms with E-state index in [9.17, 15) is 14.7 Å². The zero-order valence-electron chi connectivity index (χ0n) is 10.8. The van der Waals surface area contributed by atoms with Gasteiger partial charge in [0.05, 0.1) is 0 Å². The van der Waals surface area contributed by atoms with Crippen LogP contribution in [-0.4, -0.2) is 22.1 Å². The number of carboxylic acid groups (broad SMARTS) is 1. The van der Waals surface area contributed by atoms with Crippen LogP contribution in [-0.2, 0) is 0 Å². The van der Waals surface area contributed by atoms with E-state index in [0.717, 1.165) is 0 Å². The summed E-state index contributed by atoms with van der Waals surface area (Å²) < 4.78 is 0. The van der Waals surface area contributed by atoms with Crippen LogP contribution in [0, 0.1) is 12.3 Å². The number of phenols is 1. The molecule has 0 heterocycles. The van der Waals surface area contributed by atoms with Crippen molar-refractivity contribution in [3.05, 3.63) is 65.6 Å². The Hall–Kier alpha value is -3.26. The summed E-state index contributed by atoms with van der Waals surface area (Å²) in [6.07, 6.45) is 6.95. The van der Waals surface area contributed by atoms with Crippen molar-refractivity contribution in [2.75, 3.05) is 5.32 Å². The van der Waals surface area contributed by atoms with E-state index in [1.807, 2.05) is 0 Å². The lowest BCUT2D eigenvalue weighted by Gasteiger charge is -2.07. The van der Waals surface area contributed by atoms with Crippen LogP contribution in [0.4, 0.5) is 5.69 Å². The molecule has 1 amide bonds. The first-order valence-corrected chi connectivity index (χ1v) is 5.91. The largest absolute Gasteiger partial charge is 0.507 e. The minimum atomic E-state index is -1.28. The Bertz CT molecular complexity index is 742. The first kappa shape index (κ1) is 14.2. The second-order valence-corrected chi connectivity index (χ2v) is 4.19. The molecule has 5 nitrogen and oxygen atoms in total. The molecule has 21 heavy (non-hydrogen) atoms. The summed E-state index contributed by atoms with van der Waals surface area (Å²) in [5.74, 6) is 0.120. The Morgan fingerprint density at radius 1 is 1.10 bits per heavy atom. The molecule has 0 aromatic heterocycles. The van der Waals surface area contributed by atoms with Crippen molar-refractivity contribution in [2.24, 2.45) is 0 Å². The van der Waals surface area contributed by atoms with E-state index in [-0.39, 0.29) is 17.0 Å². The summed E-state index contributed by atoms with van der Waals surface area (Å²) in [5, 5.41) is 20.8. The molecule has 103 valence electrons. The molecule has 5 heteroatoms.